The Bertz CT molecular complexity index is 1180. The highest BCUT2D eigenvalue weighted by molar-refractivity contribution is 6.25. The van der Waals surface area contributed by atoms with Crippen molar-refractivity contribution in [1.29, 1.82) is 0 Å². The van der Waals surface area contributed by atoms with Gasteiger partial charge in [-0.25, -0.2) is 4.79 Å². The summed E-state index contributed by atoms with van der Waals surface area (Å²) in [5.74, 6) is -0.288. The molecule has 1 N–H and O–H groups in total. The van der Waals surface area contributed by atoms with Gasteiger partial charge in [0.1, 0.15) is 6.61 Å². The predicted octanol–water partition coefficient (Wildman–Crippen LogP) is 5.68. The summed E-state index contributed by atoms with van der Waals surface area (Å²) >= 11 is 0. The van der Waals surface area contributed by atoms with Crippen LogP contribution in [-0.4, -0.2) is 25.0 Å². The molecule has 1 atom stereocenters. The molecule has 0 aliphatic heterocycles. The van der Waals surface area contributed by atoms with Crippen molar-refractivity contribution in [2.24, 2.45) is 5.92 Å². The molecule has 30 heavy (non-hydrogen) atoms. The van der Waals surface area contributed by atoms with E-state index >= 15 is 0 Å². The van der Waals surface area contributed by atoms with Crippen LogP contribution in [0.15, 0.2) is 54.6 Å². The Morgan fingerprint density at radius 3 is 2.27 bits per heavy atom. The van der Waals surface area contributed by atoms with E-state index in [9.17, 15) is 9.59 Å². The van der Waals surface area contributed by atoms with E-state index in [2.05, 4.69) is 48.6 Å². The zero-order chi connectivity index (χ0) is 21.1. The molecule has 0 bridgehead atoms. The number of amides is 1. The first-order valence-electron chi connectivity index (χ1n) is 10.8. The van der Waals surface area contributed by atoms with Crippen molar-refractivity contribution in [3.63, 3.8) is 0 Å². The Morgan fingerprint density at radius 1 is 0.900 bits per heavy atom. The van der Waals surface area contributed by atoms with Crippen LogP contribution >= 0.6 is 0 Å². The molecule has 0 aromatic heterocycles. The number of rotatable bonds is 8. The number of nitrogens with one attached hydrogen (secondary N) is 1. The fraction of sp³-hybridized carbons (Fsp3) is 0.308. The van der Waals surface area contributed by atoms with Gasteiger partial charge in [-0.05, 0) is 51.2 Å². The average Bonchev–Trinajstić information content (AvgIpc) is 2.78. The van der Waals surface area contributed by atoms with Crippen molar-refractivity contribution in [1.82, 2.24) is 5.32 Å². The number of ether oxygens (including phenoxy) is 1. The summed E-state index contributed by atoms with van der Waals surface area (Å²) in [5, 5.41) is 9.50. The van der Waals surface area contributed by atoms with Gasteiger partial charge in [-0.2, -0.15) is 0 Å². The van der Waals surface area contributed by atoms with Crippen LogP contribution in [0.4, 0.5) is 0 Å². The maximum Gasteiger partial charge on any atom is 0.338 e. The van der Waals surface area contributed by atoms with Crippen LogP contribution in [0, 0.1) is 5.92 Å². The molecule has 4 nitrogen and oxygen atoms in total. The molecule has 4 aromatic carbocycles. The highest BCUT2D eigenvalue weighted by atomic mass is 16.5. The maximum absolute atomic E-state index is 12.8. The van der Waals surface area contributed by atoms with E-state index in [4.69, 9.17) is 4.74 Å². The summed E-state index contributed by atoms with van der Waals surface area (Å²) in [5.41, 5.74) is 0.560. The van der Waals surface area contributed by atoms with Gasteiger partial charge in [-0.15, -0.1) is 0 Å². The van der Waals surface area contributed by atoms with Gasteiger partial charge in [0.2, 0.25) is 5.91 Å². The molecule has 0 heterocycles. The zero-order valence-corrected chi connectivity index (χ0v) is 17.5. The highest BCUT2D eigenvalue weighted by Crippen LogP contribution is 2.36. The van der Waals surface area contributed by atoms with Gasteiger partial charge in [-0.1, -0.05) is 68.8 Å². The van der Waals surface area contributed by atoms with Crippen molar-refractivity contribution < 1.29 is 14.3 Å². The smallest absolute Gasteiger partial charge is 0.338 e. The first-order valence-corrected chi connectivity index (χ1v) is 10.8. The van der Waals surface area contributed by atoms with Gasteiger partial charge in [0.25, 0.3) is 0 Å². The number of benzene rings is 4. The van der Waals surface area contributed by atoms with Crippen molar-refractivity contribution >= 4 is 44.2 Å². The van der Waals surface area contributed by atoms with Crippen molar-refractivity contribution in [3.8, 4) is 0 Å². The van der Waals surface area contributed by atoms with Crippen molar-refractivity contribution in [3.05, 3.63) is 60.2 Å². The average molecular weight is 402 g/mol. The molecule has 0 aliphatic carbocycles. The molecule has 4 aromatic rings. The minimum atomic E-state index is -0.359. The van der Waals surface area contributed by atoms with E-state index in [0.717, 1.165) is 46.2 Å². The Kier molecular flexibility index (Phi) is 5.84. The maximum atomic E-state index is 12.8. The van der Waals surface area contributed by atoms with Crippen molar-refractivity contribution in [2.45, 2.75) is 33.1 Å². The molecule has 0 radical (unpaired) electrons. The fourth-order valence-corrected chi connectivity index (χ4v) is 4.32. The van der Waals surface area contributed by atoms with Gasteiger partial charge in [0, 0.05) is 5.92 Å². The first kappa shape index (κ1) is 20.1. The van der Waals surface area contributed by atoms with Gasteiger partial charge >= 0.3 is 5.97 Å². The fourth-order valence-electron chi connectivity index (χ4n) is 4.32. The topological polar surface area (TPSA) is 55.4 Å². The van der Waals surface area contributed by atoms with Gasteiger partial charge in [0.15, 0.2) is 0 Å². The van der Waals surface area contributed by atoms with Gasteiger partial charge in [-0.3, -0.25) is 4.79 Å². The minimum absolute atomic E-state index is 0.0308. The summed E-state index contributed by atoms with van der Waals surface area (Å²) in [6, 6.07) is 18.3. The van der Waals surface area contributed by atoms with Gasteiger partial charge < -0.3 is 10.1 Å². The van der Waals surface area contributed by atoms with Crippen LogP contribution in [0.5, 0.6) is 0 Å². The molecule has 0 fully saturated rings. The lowest BCUT2D eigenvalue weighted by atomic mass is 9.92. The van der Waals surface area contributed by atoms with E-state index in [-0.39, 0.29) is 24.4 Å². The summed E-state index contributed by atoms with van der Waals surface area (Å²) in [7, 11) is 0. The molecule has 0 saturated heterocycles. The number of hydrogen-bond donors (Lipinski definition) is 1. The van der Waals surface area contributed by atoms with E-state index in [1.165, 1.54) is 5.39 Å². The lowest BCUT2D eigenvalue weighted by molar-refractivity contribution is -0.125. The van der Waals surface area contributed by atoms with Crippen LogP contribution in [0.3, 0.4) is 0 Å². The van der Waals surface area contributed by atoms with Crippen LogP contribution in [0.2, 0.25) is 0 Å². The third-order valence-electron chi connectivity index (χ3n) is 5.88. The summed E-state index contributed by atoms with van der Waals surface area (Å²) < 4.78 is 5.49. The number of carbonyl (C=O) groups excluding carboxylic acids is 2. The van der Waals surface area contributed by atoms with Crippen LogP contribution in [-0.2, 0) is 9.53 Å². The first-order chi connectivity index (χ1) is 14.6. The molecular formula is C26H27NO3. The van der Waals surface area contributed by atoms with Crippen LogP contribution in [0.1, 0.15) is 43.5 Å². The second-order valence-corrected chi connectivity index (χ2v) is 7.79. The Morgan fingerprint density at radius 2 is 1.57 bits per heavy atom. The molecule has 1 amide bonds. The largest absolute Gasteiger partial charge is 0.460 e. The van der Waals surface area contributed by atoms with E-state index < -0.39 is 0 Å². The molecule has 0 aliphatic rings. The quantitative estimate of drug-likeness (QED) is 0.235. The lowest BCUT2D eigenvalue weighted by Gasteiger charge is -2.15. The minimum Gasteiger partial charge on any atom is -0.460 e. The third-order valence-corrected chi connectivity index (χ3v) is 5.88. The molecule has 0 spiro atoms. The van der Waals surface area contributed by atoms with E-state index in [1.54, 1.807) is 0 Å². The number of esters is 1. The number of hydrogen-bond acceptors (Lipinski definition) is 3. The molecular weight excluding hydrogens is 374 g/mol. The molecule has 4 rings (SSSR count). The second-order valence-electron chi connectivity index (χ2n) is 7.79. The number of carbonyl (C=O) groups is 2. The van der Waals surface area contributed by atoms with Crippen molar-refractivity contribution in [2.75, 3.05) is 13.2 Å². The molecule has 0 saturated carbocycles. The Balaban J connectivity index is 1.51. The van der Waals surface area contributed by atoms with Crippen LogP contribution in [0.25, 0.3) is 32.3 Å². The standard InChI is InChI=1S/C26H27NO3/c1-3-6-17(4-2)25(28)27-15-16-30-26(29)22-14-12-20-10-9-18-7-5-8-19-11-13-21(22)24(20)23(18)19/h5,7-14,17H,3-4,6,15-16H2,1-2H3,(H,27,28). The summed E-state index contributed by atoms with van der Waals surface area (Å²) in [6.07, 6.45) is 2.68. The lowest BCUT2D eigenvalue weighted by Crippen LogP contribution is -2.33. The Hall–Kier alpha value is -3.14. The SMILES string of the molecule is CCCC(CC)C(=O)NCCOC(=O)c1ccc2ccc3cccc4ccc1c2c34. The zero-order valence-electron chi connectivity index (χ0n) is 17.5. The Labute approximate surface area is 176 Å². The van der Waals surface area contributed by atoms with Gasteiger partial charge in [0.05, 0.1) is 12.1 Å². The normalized spacial score (nSPS) is 12.5. The van der Waals surface area contributed by atoms with E-state index in [0.29, 0.717) is 12.1 Å². The predicted molar refractivity (Wildman–Crippen MR) is 122 cm³/mol. The molecule has 4 heteroatoms. The molecule has 1 unspecified atom stereocenters. The highest BCUT2D eigenvalue weighted by Gasteiger charge is 2.17. The summed E-state index contributed by atoms with van der Waals surface area (Å²) in [6.45, 7) is 4.59. The summed E-state index contributed by atoms with van der Waals surface area (Å²) in [4.78, 5) is 25.0. The van der Waals surface area contributed by atoms with Crippen LogP contribution < -0.4 is 5.32 Å². The second kappa shape index (κ2) is 8.70. The van der Waals surface area contributed by atoms with E-state index in [1.807, 2.05) is 25.1 Å². The molecule has 154 valence electrons. The monoisotopic (exact) mass is 401 g/mol. The third kappa shape index (κ3) is 3.70.